The SMILES string of the molecule is CCCCCC/C=C/Oc1ccc(-c2ccc(OC(=O)c3ccc(OCCC[C@@H](C)CC)cc3)cc2)cc1. The fourth-order valence-corrected chi connectivity index (χ4v) is 4.00. The molecule has 0 N–H and O–H groups in total. The molecule has 0 saturated heterocycles. The molecule has 4 nitrogen and oxygen atoms in total. The van der Waals surface area contributed by atoms with Crippen molar-refractivity contribution in [2.45, 2.75) is 72.1 Å². The maximum atomic E-state index is 12.6. The molecule has 4 heteroatoms. The molecule has 0 bridgehead atoms. The molecule has 0 aliphatic rings. The highest BCUT2D eigenvalue weighted by Gasteiger charge is 2.09. The molecule has 3 aromatic rings. The average molecular weight is 515 g/mol. The highest BCUT2D eigenvalue weighted by molar-refractivity contribution is 5.91. The van der Waals surface area contributed by atoms with E-state index >= 15 is 0 Å². The molecule has 0 unspecified atom stereocenters. The Morgan fingerprint density at radius 3 is 2.03 bits per heavy atom. The molecular weight excluding hydrogens is 472 g/mol. The molecule has 0 fully saturated rings. The quantitative estimate of drug-likeness (QED) is 0.0826. The lowest BCUT2D eigenvalue weighted by Gasteiger charge is -2.10. The summed E-state index contributed by atoms with van der Waals surface area (Å²) < 4.78 is 17.1. The summed E-state index contributed by atoms with van der Waals surface area (Å²) in [6, 6.07) is 22.6. The van der Waals surface area contributed by atoms with Crippen LogP contribution in [0.15, 0.2) is 85.1 Å². The van der Waals surface area contributed by atoms with Gasteiger partial charge in [0.1, 0.15) is 17.2 Å². The molecule has 0 aromatic heterocycles. The van der Waals surface area contributed by atoms with Crippen molar-refractivity contribution in [3.63, 3.8) is 0 Å². The van der Waals surface area contributed by atoms with Crippen LogP contribution in [0.3, 0.4) is 0 Å². The first-order valence-electron chi connectivity index (χ1n) is 14.1. The van der Waals surface area contributed by atoms with Crippen molar-refractivity contribution in [3.8, 4) is 28.4 Å². The van der Waals surface area contributed by atoms with E-state index in [0.29, 0.717) is 17.9 Å². The van der Waals surface area contributed by atoms with Crippen LogP contribution >= 0.6 is 0 Å². The van der Waals surface area contributed by atoms with Gasteiger partial charge in [0.05, 0.1) is 18.4 Å². The molecule has 1 atom stereocenters. The van der Waals surface area contributed by atoms with Crippen LogP contribution < -0.4 is 14.2 Å². The third kappa shape index (κ3) is 10.1. The smallest absolute Gasteiger partial charge is 0.343 e. The Morgan fingerprint density at radius 1 is 0.763 bits per heavy atom. The maximum absolute atomic E-state index is 12.6. The van der Waals surface area contributed by atoms with Crippen molar-refractivity contribution < 1.29 is 19.0 Å². The Balaban J connectivity index is 1.44. The van der Waals surface area contributed by atoms with Crippen molar-refractivity contribution in [3.05, 3.63) is 90.7 Å². The molecule has 3 rings (SSSR count). The Bertz CT molecular complexity index is 1100. The zero-order valence-corrected chi connectivity index (χ0v) is 23.2. The number of carbonyl (C=O) groups is 1. The van der Waals surface area contributed by atoms with Gasteiger partial charge < -0.3 is 14.2 Å². The second-order valence-electron chi connectivity index (χ2n) is 9.81. The maximum Gasteiger partial charge on any atom is 0.343 e. The van der Waals surface area contributed by atoms with E-state index in [2.05, 4.69) is 26.8 Å². The summed E-state index contributed by atoms with van der Waals surface area (Å²) in [4.78, 5) is 12.6. The lowest BCUT2D eigenvalue weighted by atomic mass is 10.0. The summed E-state index contributed by atoms with van der Waals surface area (Å²) in [6.45, 7) is 7.38. The molecule has 3 aromatic carbocycles. The zero-order chi connectivity index (χ0) is 27.0. The Kier molecular flexibility index (Phi) is 12.5. The van der Waals surface area contributed by atoms with Gasteiger partial charge in [-0.1, -0.05) is 70.7 Å². The minimum absolute atomic E-state index is 0.388. The van der Waals surface area contributed by atoms with E-state index in [1.165, 1.54) is 32.1 Å². The molecule has 0 aliphatic heterocycles. The second-order valence-corrected chi connectivity index (χ2v) is 9.81. The van der Waals surface area contributed by atoms with Gasteiger partial charge in [-0.15, -0.1) is 0 Å². The number of ether oxygens (including phenoxy) is 3. The fraction of sp³-hybridized carbons (Fsp3) is 0.382. The Labute approximate surface area is 228 Å². The molecule has 0 saturated carbocycles. The largest absolute Gasteiger partial charge is 0.494 e. The van der Waals surface area contributed by atoms with E-state index in [0.717, 1.165) is 47.8 Å². The number of rotatable bonds is 16. The van der Waals surface area contributed by atoms with E-state index in [1.807, 2.05) is 60.7 Å². The van der Waals surface area contributed by atoms with Gasteiger partial charge in [0.15, 0.2) is 0 Å². The summed E-state index contributed by atoms with van der Waals surface area (Å²) in [5.74, 6) is 2.42. The molecule has 0 aliphatic carbocycles. The first-order valence-corrected chi connectivity index (χ1v) is 14.1. The summed E-state index contributed by atoms with van der Waals surface area (Å²) in [5, 5.41) is 0. The molecule has 0 spiro atoms. The van der Waals surface area contributed by atoms with Crippen LogP contribution in [0, 0.1) is 5.92 Å². The molecule has 0 radical (unpaired) electrons. The van der Waals surface area contributed by atoms with E-state index in [4.69, 9.17) is 14.2 Å². The predicted molar refractivity (Wildman–Crippen MR) is 156 cm³/mol. The van der Waals surface area contributed by atoms with Crippen molar-refractivity contribution >= 4 is 5.97 Å². The first kappa shape index (κ1) is 29.0. The van der Waals surface area contributed by atoms with Gasteiger partial charge in [0.25, 0.3) is 0 Å². The lowest BCUT2D eigenvalue weighted by Crippen LogP contribution is -2.08. The minimum Gasteiger partial charge on any atom is -0.494 e. The van der Waals surface area contributed by atoms with Crippen molar-refractivity contribution in [1.29, 1.82) is 0 Å². The highest BCUT2D eigenvalue weighted by Crippen LogP contribution is 2.25. The fourth-order valence-electron chi connectivity index (χ4n) is 4.00. The first-order chi connectivity index (χ1) is 18.6. The Morgan fingerprint density at radius 2 is 1.39 bits per heavy atom. The van der Waals surface area contributed by atoms with Crippen LogP contribution in [0.25, 0.3) is 11.1 Å². The van der Waals surface area contributed by atoms with Crippen LogP contribution in [-0.2, 0) is 0 Å². The molecule has 202 valence electrons. The van der Waals surface area contributed by atoms with Crippen molar-refractivity contribution in [2.75, 3.05) is 6.61 Å². The van der Waals surface area contributed by atoms with Crippen molar-refractivity contribution in [1.82, 2.24) is 0 Å². The van der Waals surface area contributed by atoms with Gasteiger partial charge in [0.2, 0.25) is 0 Å². The van der Waals surface area contributed by atoms with Gasteiger partial charge >= 0.3 is 5.97 Å². The summed E-state index contributed by atoms with van der Waals surface area (Å²) in [7, 11) is 0. The monoisotopic (exact) mass is 514 g/mol. The number of hydrogen-bond donors (Lipinski definition) is 0. The highest BCUT2D eigenvalue weighted by atomic mass is 16.5. The third-order valence-electron chi connectivity index (χ3n) is 6.67. The summed E-state index contributed by atoms with van der Waals surface area (Å²) in [5.41, 5.74) is 2.60. The predicted octanol–water partition coefficient (Wildman–Crippen LogP) is 9.64. The number of allylic oxidation sites excluding steroid dienone is 1. The van der Waals surface area contributed by atoms with Crippen LogP contribution in [-0.4, -0.2) is 12.6 Å². The summed E-state index contributed by atoms with van der Waals surface area (Å²) >= 11 is 0. The topological polar surface area (TPSA) is 44.8 Å². The van der Waals surface area contributed by atoms with E-state index in [-0.39, 0.29) is 5.97 Å². The number of unbranched alkanes of at least 4 members (excludes halogenated alkanes) is 4. The third-order valence-corrected chi connectivity index (χ3v) is 6.67. The van der Waals surface area contributed by atoms with Gasteiger partial charge in [-0.2, -0.15) is 0 Å². The number of hydrogen-bond acceptors (Lipinski definition) is 4. The van der Waals surface area contributed by atoms with E-state index < -0.39 is 0 Å². The van der Waals surface area contributed by atoms with Crippen LogP contribution in [0.2, 0.25) is 0 Å². The molecule has 0 heterocycles. The van der Waals surface area contributed by atoms with Gasteiger partial charge in [-0.25, -0.2) is 4.79 Å². The second kappa shape index (κ2) is 16.3. The van der Waals surface area contributed by atoms with Gasteiger partial charge in [0, 0.05) is 0 Å². The van der Waals surface area contributed by atoms with Crippen LogP contribution in [0.5, 0.6) is 17.2 Å². The molecule has 0 amide bonds. The zero-order valence-electron chi connectivity index (χ0n) is 23.2. The van der Waals surface area contributed by atoms with Gasteiger partial charge in [-0.3, -0.25) is 0 Å². The van der Waals surface area contributed by atoms with E-state index in [9.17, 15) is 4.79 Å². The molecular formula is C34H42O4. The van der Waals surface area contributed by atoms with Gasteiger partial charge in [-0.05, 0) is 97.3 Å². The lowest BCUT2D eigenvalue weighted by molar-refractivity contribution is 0.0734. The normalized spacial score (nSPS) is 11.9. The Hall–Kier alpha value is -3.53. The summed E-state index contributed by atoms with van der Waals surface area (Å²) in [6.07, 6.45) is 13.3. The average Bonchev–Trinajstić information content (AvgIpc) is 2.96. The van der Waals surface area contributed by atoms with Crippen molar-refractivity contribution in [2.24, 2.45) is 5.92 Å². The number of esters is 1. The van der Waals surface area contributed by atoms with Crippen LogP contribution in [0.1, 0.15) is 82.5 Å². The van der Waals surface area contributed by atoms with E-state index in [1.54, 1.807) is 18.4 Å². The standard InChI is InChI=1S/C34H42O4/c1-4-6-7-8-9-10-25-36-31-19-13-28(14-20-31)29-15-23-33(24-16-29)38-34(35)30-17-21-32(22-18-30)37-26-11-12-27(3)5-2/h10,13-25,27H,4-9,11-12,26H2,1-3H3/b25-10+/t27-/m0/s1. The number of benzene rings is 3. The minimum atomic E-state index is -0.388. The molecule has 38 heavy (non-hydrogen) atoms. The van der Waals surface area contributed by atoms with Crippen LogP contribution in [0.4, 0.5) is 0 Å². The number of carbonyl (C=O) groups excluding carboxylic acids is 1.